The highest BCUT2D eigenvalue weighted by Crippen LogP contribution is 2.40. The molecule has 2 aromatic heterocycles. The number of rotatable bonds is 12. The van der Waals surface area contributed by atoms with Gasteiger partial charge in [-0.15, -0.1) is 21.1 Å². The van der Waals surface area contributed by atoms with Gasteiger partial charge in [0.25, 0.3) is 11.8 Å². The molecule has 0 radical (unpaired) electrons. The van der Waals surface area contributed by atoms with Crippen LogP contribution in [-0.2, 0) is 41.9 Å². The first kappa shape index (κ1) is 32.6. The van der Waals surface area contributed by atoms with Crippen molar-refractivity contribution < 1.29 is 43.7 Å². The number of carboxylic acid groups (broad SMARTS) is 2. The highest BCUT2D eigenvalue weighted by Gasteiger charge is 2.55. The van der Waals surface area contributed by atoms with Crippen molar-refractivity contribution in [3.8, 4) is 0 Å². The molecular formula is C25H32N11O8S2+. The summed E-state index contributed by atoms with van der Waals surface area (Å²) in [6, 6.07) is -1.13. The summed E-state index contributed by atoms with van der Waals surface area (Å²) in [5.41, 5.74) is 9.62. The molecule has 0 bridgehead atoms. The van der Waals surface area contributed by atoms with Crippen LogP contribution < -0.4 is 32.1 Å². The van der Waals surface area contributed by atoms with Gasteiger partial charge in [0.05, 0.1) is 6.54 Å². The third-order valence-corrected chi connectivity index (χ3v) is 9.11. The summed E-state index contributed by atoms with van der Waals surface area (Å²) in [4.78, 5) is 73.0. The molecule has 246 valence electrons. The van der Waals surface area contributed by atoms with Crippen molar-refractivity contribution in [1.82, 2.24) is 24.3 Å². The summed E-state index contributed by atoms with van der Waals surface area (Å²) in [6.45, 7) is 4.06. The zero-order valence-corrected chi connectivity index (χ0v) is 26.3. The molecule has 9 N–H and O–H groups in total. The minimum Gasteiger partial charge on any atom is -0.478 e. The SMILES string of the molecule is CC(C)(O/N=C(\C(=O)N[C@@H]1C(=O)N2C(C(=O)O)=C(C[n+]3cc(NC(=O)CCN)c4n3CCCN4)CS[C@H]12)c1nsc(N)n1)C(=O)O. The highest BCUT2D eigenvalue weighted by atomic mass is 32.2. The average molecular weight is 679 g/mol. The smallest absolute Gasteiger partial charge is 0.352 e. The summed E-state index contributed by atoms with van der Waals surface area (Å²) >= 11 is 2.03. The number of anilines is 3. The molecular weight excluding hydrogens is 646 g/mol. The number of amides is 3. The molecule has 1 saturated heterocycles. The largest absolute Gasteiger partial charge is 0.478 e. The number of nitrogens with zero attached hydrogens (tertiary/aromatic N) is 6. The van der Waals surface area contributed by atoms with Crippen LogP contribution in [0.3, 0.4) is 0 Å². The molecule has 1 fully saturated rings. The van der Waals surface area contributed by atoms with E-state index in [2.05, 4.69) is 30.5 Å². The van der Waals surface area contributed by atoms with Crippen LogP contribution >= 0.6 is 23.3 Å². The van der Waals surface area contributed by atoms with Gasteiger partial charge in [-0.1, -0.05) is 5.16 Å². The van der Waals surface area contributed by atoms with Crippen molar-refractivity contribution in [3.05, 3.63) is 23.3 Å². The standard InChI is InChI=1S/C25H31N11O8S2/c1-25(2,23(42)43)44-32-14(17-31-24(27)46-33-17)19(38)30-15-20(39)36-16(22(40)41)11(10-45-21(15)36)8-34-9-12(29-13(37)4-5-26)18-28-6-3-7-35(18)34/h9,15,21H,3-8,10,26H2,1-2H3,(H6,27,29,30,31,33,37,38,40,41,42,43)/p+1/b32-14-/t15-,21-/m1/s1. The third-order valence-electron chi connectivity index (χ3n) is 7.22. The van der Waals surface area contributed by atoms with Crippen LogP contribution in [0.5, 0.6) is 0 Å². The van der Waals surface area contributed by atoms with E-state index in [9.17, 15) is 34.2 Å². The second kappa shape index (κ2) is 12.9. The Balaban J connectivity index is 1.37. The lowest BCUT2D eigenvalue weighted by atomic mass is 10.0. The minimum atomic E-state index is -1.81. The number of hydrogen-bond donors (Lipinski definition) is 7. The molecule has 5 rings (SSSR count). The number of thioether (sulfide) groups is 1. The van der Waals surface area contributed by atoms with Gasteiger partial charge in [0, 0.05) is 42.4 Å². The molecule has 5 heterocycles. The quantitative estimate of drug-likeness (QED) is 0.0573. The van der Waals surface area contributed by atoms with Crippen LogP contribution in [0.2, 0.25) is 0 Å². The van der Waals surface area contributed by atoms with Crippen molar-refractivity contribution in [3.63, 3.8) is 0 Å². The zero-order chi connectivity index (χ0) is 33.3. The maximum Gasteiger partial charge on any atom is 0.352 e. The first-order valence-corrected chi connectivity index (χ1v) is 15.8. The Labute approximate surface area is 269 Å². The summed E-state index contributed by atoms with van der Waals surface area (Å²) < 4.78 is 7.63. The minimum absolute atomic E-state index is 0.00783. The number of hydrogen-bond acceptors (Lipinski definition) is 14. The molecule has 2 atom stereocenters. The van der Waals surface area contributed by atoms with Crippen LogP contribution in [0.15, 0.2) is 22.6 Å². The first-order valence-electron chi connectivity index (χ1n) is 14.0. The number of aromatic nitrogens is 4. The predicted molar refractivity (Wildman–Crippen MR) is 163 cm³/mol. The normalized spacial score (nSPS) is 19.4. The number of nitrogen functional groups attached to an aromatic ring is 1. The van der Waals surface area contributed by atoms with Gasteiger partial charge in [-0.25, -0.2) is 9.59 Å². The lowest BCUT2D eigenvalue weighted by molar-refractivity contribution is -0.767. The molecule has 0 spiro atoms. The Kier molecular flexibility index (Phi) is 9.17. The van der Waals surface area contributed by atoms with Crippen LogP contribution in [-0.4, -0.2) is 100 Å². The Morgan fingerprint density at radius 3 is 2.72 bits per heavy atom. The van der Waals surface area contributed by atoms with E-state index in [4.69, 9.17) is 16.3 Å². The number of aliphatic carboxylic acids is 2. The first-order chi connectivity index (χ1) is 21.8. The van der Waals surface area contributed by atoms with E-state index >= 15 is 0 Å². The molecule has 3 aliphatic heterocycles. The van der Waals surface area contributed by atoms with Gasteiger partial charge >= 0.3 is 11.9 Å². The van der Waals surface area contributed by atoms with Crippen LogP contribution in [0, 0.1) is 0 Å². The second-order valence-corrected chi connectivity index (χ2v) is 12.8. The monoisotopic (exact) mass is 678 g/mol. The highest BCUT2D eigenvalue weighted by molar-refractivity contribution is 8.00. The number of carbonyl (C=O) groups is 5. The third kappa shape index (κ3) is 6.33. The molecule has 3 amide bonds. The van der Waals surface area contributed by atoms with Crippen LogP contribution in [0.4, 0.5) is 16.6 Å². The number of nitrogens with one attached hydrogen (secondary N) is 3. The van der Waals surface area contributed by atoms with Crippen molar-refractivity contribution in [2.45, 2.75) is 56.8 Å². The summed E-state index contributed by atoms with van der Waals surface area (Å²) in [6.07, 6.45) is 2.65. The van der Waals surface area contributed by atoms with E-state index in [-0.39, 0.29) is 47.8 Å². The topological polar surface area (TPSA) is 273 Å². The summed E-state index contributed by atoms with van der Waals surface area (Å²) in [7, 11) is 0. The molecule has 2 aromatic rings. The molecule has 46 heavy (non-hydrogen) atoms. The van der Waals surface area contributed by atoms with E-state index in [0.29, 0.717) is 30.2 Å². The fourth-order valence-corrected chi connectivity index (χ4v) is 6.67. The molecule has 21 heteroatoms. The molecule has 0 aromatic carbocycles. The summed E-state index contributed by atoms with van der Waals surface area (Å²) in [5.74, 6) is -3.87. The van der Waals surface area contributed by atoms with Gasteiger partial charge in [0.15, 0.2) is 23.2 Å². The Morgan fingerprint density at radius 1 is 1.30 bits per heavy atom. The van der Waals surface area contributed by atoms with Crippen molar-refractivity contribution >= 4 is 75.3 Å². The molecule has 3 aliphatic rings. The number of β-lactam (4-membered cyclic amide) rings is 1. The number of fused-ring (bicyclic) bond motifs is 2. The van der Waals surface area contributed by atoms with Crippen LogP contribution in [0.25, 0.3) is 0 Å². The molecule has 19 nitrogen and oxygen atoms in total. The predicted octanol–water partition coefficient (Wildman–Crippen LogP) is -1.67. The molecule has 0 saturated carbocycles. The van der Waals surface area contributed by atoms with Gasteiger partial charge in [0.2, 0.25) is 29.2 Å². The zero-order valence-electron chi connectivity index (χ0n) is 24.7. The van der Waals surface area contributed by atoms with Crippen molar-refractivity contribution in [2.24, 2.45) is 10.9 Å². The van der Waals surface area contributed by atoms with Gasteiger partial charge in [-0.05, 0) is 20.3 Å². The average Bonchev–Trinajstić information content (AvgIpc) is 3.58. The molecule has 0 unspecified atom stereocenters. The van der Waals surface area contributed by atoms with Gasteiger partial charge in [-0.2, -0.15) is 9.36 Å². The van der Waals surface area contributed by atoms with E-state index < -0.39 is 46.5 Å². The van der Waals surface area contributed by atoms with E-state index in [1.165, 1.54) is 25.6 Å². The summed E-state index contributed by atoms with van der Waals surface area (Å²) in [5, 5.41) is 31.1. The lowest BCUT2D eigenvalue weighted by Gasteiger charge is -2.49. The fraction of sp³-hybridized carbons (Fsp3) is 0.480. The van der Waals surface area contributed by atoms with Gasteiger partial charge in [-0.3, -0.25) is 19.3 Å². The van der Waals surface area contributed by atoms with Crippen molar-refractivity contribution in [2.75, 3.05) is 35.2 Å². The fourth-order valence-electron chi connectivity index (χ4n) is 4.90. The number of carboxylic acids is 2. The maximum absolute atomic E-state index is 13.4. The Morgan fingerprint density at radius 2 is 2.07 bits per heavy atom. The van der Waals surface area contributed by atoms with Crippen molar-refractivity contribution in [1.29, 1.82) is 0 Å². The van der Waals surface area contributed by atoms with E-state index in [1.54, 1.807) is 10.9 Å². The van der Waals surface area contributed by atoms with Gasteiger partial charge in [0.1, 0.15) is 17.1 Å². The number of carbonyl (C=O) groups excluding carboxylic acids is 3. The van der Waals surface area contributed by atoms with E-state index in [0.717, 1.165) is 22.9 Å². The maximum atomic E-state index is 13.4. The van der Waals surface area contributed by atoms with E-state index in [1.807, 2.05) is 4.68 Å². The number of oxime groups is 1. The second-order valence-electron chi connectivity index (χ2n) is 10.9. The van der Waals surface area contributed by atoms with Crippen LogP contribution in [0.1, 0.15) is 32.5 Å². The number of nitrogens with two attached hydrogens (primary N) is 2. The lowest BCUT2D eigenvalue weighted by Crippen LogP contribution is -2.71. The Bertz CT molecular complexity index is 1670. The Hall–Kier alpha value is -4.76. The molecule has 0 aliphatic carbocycles. The van der Waals surface area contributed by atoms with Gasteiger partial charge < -0.3 is 42.5 Å².